The third-order valence-corrected chi connectivity index (χ3v) is 6.12. The van der Waals surface area contributed by atoms with Gasteiger partial charge >= 0.3 is 0 Å². The van der Waals surface area contributed by atoms with Gasteiger partial charge in [-0.2, -0.15) is 0 Å². The van der Waals surface area contributed by atoms with Gasteiger partial charge in [0, 0.05) is 29.0 Å². The van der Waals surface area contributed by atoms with Crippen LogP contribution in [0.2, 0.25) is 5.02 Å². The van der Waals surface area contributed by atoms with Crippen LogP contribution in [0.4, 0.5) is 0 Å². The monoisotopic (exact) mass is 407 g/mol. The van der Waals surface area contributed by atoms with Crippen molar-refractivity contribution in [2.24, 2.45) is 0 Å². The Morgan fingerprint density at radius 2 is 1.78 bits per heavy atom. The first-order valence-corrected chi connectivity index (χ1v) is 9.96. The van der Waals surface area contributed by atoms with Crippen molar-refractivity contribution < 1.29 is 19.0 Å². The first kappa shape index (κ1) is 19.7. The van der Waals surface area contributed by atoms with Crippen molar-refractivity contribution in [2.45, 2.75) is 11.8 Å². The number of benzene rings is 2. The first-order chi connectivity index (χ1) is 13.1. The number of rotatable bonds is 6. The van der Waals surface area contributed by atoms with Gasteiger partial charge in [0.25, 0.3) is 0 Å². The molecule has 1 fully saturated rings. The molecule has 1 unspecified atom stereocenters. The average molecular weight is 408 g/mol. The van der Waals surface area contributed by atoms with Crippen LogP contribution in [0, 0.1) is 0 Å². The zero-order chi connectivity index (χ0) is 19.4. The van der Waals surface area contributed by atoms with E-state index in [9.17, 15) is 4.79 Å². The van der Waals surface area contributed by atoms with E-state index < -0.39 is 0 Å². The zero-order valence-corrected chi connectivity index (χ0v) is 17.1. The summed E-state index contributed by atoms with van der Waals surface area (Å²) >= 11 is 7.93. The number of carbonyl (C=O) groups excluding carboxylic acids is 1. The molecule has 1 aliphatic heterocycles. The number of hydrogen-bond acceptors (Lipinski definition) is 5. The molecule has 0 spiro atoms. The second kappa shape index (κ2) is 8.76. The molecule has 144 valence electrons. The number of thioether (sulfide) groups is 1. The molecule has 0 saturated carbocycles. The van der Waals surface area contributed by atoms with Gasteiger partial charge in [-0.25, -0.2) is 0 Å². The summed E-state index contributed by atoms with van der Waals surface area (Å²) < 4.78 is 16.3. The summed E-state index contributed by atoms with van der Waals surface area (Å²) in [7, 11) is 4.79. The largest absolute Gasteiger partial charge is 0.496 e. The van der Waals surface area contributed by atoms with Crippen LogP contribution in [0.5, 0.6) is 17.2 Å². The van der Waals surface area contributed by atoms with Gasteiger partial charge in [-0.15, -0.1) is 11.8 Å². The predicted molar refractivity (Wildman–Crippen MR) is 108 cm³/mol. The highest BCUT2D eigenvalue weighted by molar-refractivity contribution is 7.99. The Hall–Kier alpha value is -2.05. The quantitative estimate of drug-likeness (QED) is 0.718. The molecule has 2 aromatic rings. The minimum Gasteiger partial charge on any atom is -0.496 e. The molecule has 1 atom stereocenters. The van der Waals surface area contributed by atoms with Crippen LogP contribution >= 0.6 is 23.4 Å². The molecule has 27 heavy (non-hydrogen) atoms. The van der Waals surface area contributed by atoms with Crippen LogP contribution in [0.15, 0.2) is 36.4 Å². The lowest BCUT2D eigenvalue weighted by atomic mass is 10.1. The molecule has 0 N–H and O–H groups in total. The Balaban J connectivity index is 1.90. The molecular weight excluding hydrogens is 386 g/mol. The normalized spacial score (nSPS) is 16.3. The summed E-state index contributed by atoms with van der Waals surface area (Å²) in [5, 5.41) is 0.465. The van der Waals surface area contributed by atoms with Crippen LogP contribution in [-0.2, 0) is 11.2 Å². The Labute approximate surface area is 168 Å². The van der Waals surface area contributed by atoms with Crippen molar-refractivity contribution in [3.63, 3.8) is 0 Å². The van der Waals surface area contributed by atoms with E-state index in [-0.39, 0.29) is 17.7 Å². The van der Waals surface area contributed by atoms with Crippen LogP contribution in [-0.4, -0.2) is 44.4 Å². The lowest BCUT2D eigenvalue weighted by Crippen LogP contribution is -2.32. The summed E-state index contributed by atoms with van der Waals surface area (Å²) in [5.74, 6) is 2.77. The maximum absolute atomic E-state index is 13.0. The van der Waals surface area contributed by atoms with Crippen molar-refractivity contribution in [3.05, 3.63) is 52.5 Å². The van der Waals surface area contributed by atoms with Gasteiger partial charge in [-0.3, -0.25) is 4.79 Å². The van der Waals surface area contributed by atoms with Gasteiger partial charge in [0.2, 0.25) is 5.91 Å². The average Bonchev–Trinajstić information content (AvgIpc) is 3.18. The number of nitrogens with zero attached hydrogens (tertiary/aromatic N) is 1. The van der Waals surface area contributed by atoms with Crippen LogP contribution in [0.25, 0.3) is 0 Å². The Kier molecular flexibility index (Phi) is 6.39. The van der Waals surface area contributed by atoms with E-state index in [2.05, 4.69) is 0 Å². The molecule has 7 heteroatoms. The smallest absolute Gasteiger partial charge is 0.228 e. The molecule has 1 aliphatic rings. The molecule has 0 aliphatic carbocycles. The molecule has 1 amide bonds. The van der Waals surface area contributed by atoms with E-state index >= 15 is 0 Å². The van der Waals surface area contributed by atoms with Gasteiger partial charge in [-0.05, 0) is 17.7 Å². The van der Waals surface area contributed by atoms with Crippen molar-refractivity contribution in [1.82, 2.24) is 4.90 Å². The fourth-order valence-electron chi connectivity index (χ4n) is 3.14. The number of carbonyl (C=O) groups is 1. The van der Waals surface area contributed by atoms with Crippen molar-refractivity contribution in [3.8, 4) is 17.2 Å². The zero-order valence-electron chi connectivity index (χ0n) is 15.5. The minimum atomic E-state index is -0.144. The number of hydrogen-bond donors (Lipinski definition) is 0. The Morgan fingerprint density at radius 1 is 1.11 bits per heavy atom. The van der Waals surface area contributed by atoms with Crippen LogP contribution in [0.3, 0.4) is 0 Å². The second-order valence-corrected chi connectivity index (χ2v) is 7.62. The second-order valence-electron chi connectivity index (χ2n) is 6.03. The van der Waals surface area contributed by atoms with Crippen molar-refractivity contribution in [1.29, 1.82) is 0 Å². The summed E-state index contributed by atoms with van der Waals surface area (Å²) in [6.07, 6.45) is 0.270. The van der Waals surface area contributed by atoms with Crippen molar-refractivity contribution >= 4 is 29.3 Å². The third-order valence-electron chi connectivity index (χ3n) is 4.51. The van der Waals surface area contributed by atoms with Gasteiger partial charge in [0.05, 0.1) is 27.8 Å². The topological polar surface area (TPSA) is 48.0 Å². The molecule has 0 bridgehead atoms. The molecule has 1 saturated heterocycles. The van der Waals surface area contributed by atoms with Gasteiger partial charge in [0.15, 0.2) is 11.5 Å². The highest BCUT2D eigenvalue weighted by atomic mass is 35.5. The standard InChI is InChI=1S/C20H22ClNO4S/c1-24-16-12-18(26-3)17(25-2)11-14(16)20-22(8-9-27-20)19(23)10-13-6-4-5-7-15(13)21/h4-7,11-12,20H,8-10H2,1-3H3. The molecule has 5 nitrogen and oxygen atoms in total. The highest BCUT2D eigenvalue weighted by Crippen LogP contribution is 2.46. The van der Waals surface area contributed by atoms with Gasteiger partial charge < -0.3 is 19.1 Å². The Morgan fingerprint density at radius 3 is 2.44 bits per heavy atom. The van der Waals surface area contributed by atoms with Crippen LogP contribution < -0.4 is 14.2 Å². The summed E-state index contributed by atoms with van der Waals surface area (Å²) in [5.41, 5.74) is 1.73. The lowest BCUT2D eigenvalue weighted by molar-refractivity contribution is -0.130. The van der Waals surface area contributed by atoms with E-state index in [0.717, 1.165) is 16.9 Å². The molecule has 0 aromatic heterocycles. The fraction of sp³-hybridized carbons (Fsp3) is 0.350. The number of amides is 1. The predicted octanol–water partition coefficient (Wildman–Crippen LogP) is 4.18. The lowest BCUT2D eigenvalue weighted by Gasteiger charge is -2.26. The molecule has 1 heterocycles. The molecule has 0 radical (unpaired) electrons. The summed E-state index contributed by atoms with van der Waals surface area (Å²) in [4.78, 5) is 14.9. The maximum Gasteiger partial charge on any atom is 0.228 e. The maximum atomic E-state index is 13.0. The minimum absolute atomic E-state index is 0.0370. The van der Waals surface area contributed by atoms with E-state index in [1.54, 1.807) is 45.2 Å². The van der Waals surface area contributed by atoms with Gasteiger partial charge in [0.1, 0.15) is 11.1 Å². The molecular formula is C20H22ClNO4S. The third kappa shape index (κ3) is 4.12. The number of halogens is 1. The summed E-state index contributed by atoms with van der Waals surface area (Å²) in [6.45, 7) is 0.677. The van der Waals surface area contributed by atoms with Gasteiger partial charge in [-0.1, -0.05) is 29.8 Å². The molecule has 3 rings (SSSR count). The Bertz CT molecular complexity index is 830. The first-order valence-electron chi connectivity index (χ1n) is 8.53. The van der Waals surface area contributed by atoms with E-state index in [0.29, 0.717) is 28.8 Å². The summed E-state index contributed by atoms with van der Waals surface area (Å²) in [6, 6.07) is 11.1. The highest BCUT2D eigenvalue weighted by Gasteiger charge is 2.33. The van der Waals surface area contributed by atoms with Crippen molar-refractivity contribution in [2.75, 3.05) is 33.6 Å². The number of ether oxygens (including phenoxy) is 3. The SMILES string of the molecule is COc1cc(OC)c(C2SCCN2C(=O)Cc2ccccc2Cl)cc1OC. The number of methoxy groups -OCH3 is 3. The fourth-order valence-corrected chi connectivity index (χ4v) is 4.63. The molecule has 2 aromatic carbocycles. The van der Waals surface area contributed by atoms with Crippen LogP contribution in [0.1, 0.15) is 16.5 Å². The van der Waals surface area contributed by atoms with E-state index in [4.69, 9.17) is 25.8 Å². The van der Waals surface area contributed by atoms with E-state index in [1.165, 1.54) is 0 Å². The van der Waals surface area contributed by atoms with E-state index in [1.807, 2.05) is 29.2 Å².